The first-order valence-electron chi connectivity index (χ1n) is 8.00. The van der Waals surface area contributed by atoms with Gasteiger partial charge in [0.15, 0.2) is 11.2 Å². The van der Waals surface area contributed by atoms with Gasteiger partial charge in [-0.1, -0.05) is 6.42 Å². The SMILES string of the molecule is Cn1c(=O)c2c(ncn2C[C@H](O)CN2CCCCC2)n(C)c1=O. The van der Waals surface area contributed by atoms with Crippen molar-refractivity contribution in [2.75, 3.05) is 19.6 Å². The topological polar surface area (TPSA) is 85.3 Å². The molecule has 0 amide bonds. The molecule has 0 bridgehead atoms. The minimum absolute atomic E-state index is 0.292. The Morgan fingerprint density at radius 2 is 1.83 bits per heavy atom. The molecule has 0 unspecified atom stereocenters. The van der Waals surface area contributed by atoms with Crippen LogP contribution in [0.25, 0.3) is 11.2 Å². The third-order valence-corrected chi connectivity index (χ3v) is 4.54. The van der Waals surface area contributed by atoms with Gasteiger partial charge >= 0.3 is 5.69 Å². The zero-order valence-electron chi connectivity index (χ0n) is 13.6. The van der Waals surface area contributed by atoms with Crippen LogP contribution < -0.4 is 11.2 Å². The minimum Gasteiger partial charge on any atom is -0.390 e. The molecule has 2 aromatic heterocycles. The molecule has 3 heterocycles. The molecule has 8 nitrogen and oxygen atoms in total. The Hall–Kier alpha value is -1.93. The van der Waals surface area contributed by atoms with Crippen molar-refractivity contribution in [1.82, 2.24) is 23.6 Å². The molecule has 0 aromatic carbocycles. The van der Waals surface area contributed by atoms with Gasteiger partial charge in [-0.05, 0) is 25.9 Å². The number of aliphatic hydroxyl groups is 1. The predicted molar refractivity (Wildman–Crippen MR) is 86.5 cm³/mol. The summed E-state index contributed by atoms with van der Waals surface area (Å²) in [5, 5.41) is 10.3. The zero-order valence-corrected chi connectivity index (χ0v) is 13.6. The molecule has 0 spiro atoms. The van der Waals surface area contributed by atoms with E-state index in [0.717, 1.165) is 17.7 Å². The Morgan fingerprint density at radius 3 is 2.52 bits per heavy atom. The van der Waals surface area contributed by atoms with E-state index in [-0.39, 0.29) is 5.56 Å². The first-order valence-corrected chi connectivity index (χ1v) is 8.00. The maximum atomic E-state index is 12.4. The number of hydrogen-bond donors (Lipinski definition) is 1. The fourth-order valence-corrected chi connectivity index (χ4v) is 3.26. The lowest BCUT2D eigenvalue weighted by molar-refractivity contribution is 0.0891. The van der Waals surface area contributed by atoms with Gasteiger partial charge < -0.3 is 14.6 Å². The van der Waals surface area contributed by atoms with Crippen molar-refractivity contribution < 1.29 is 5.11 Å². The van der Waals surface area contributed by atoms with Crippen molar-refractivity contribution in [3.05, 3.63) is 27.2 Å². The molecule has 1 aliphatic rings. The van der Waals surface area contributed by atoms with Crippen molar-refractivity contribution in [1.29, 1.82) is 0 Å². The predicted octanol–water partition coefficient (Wildman–Crippen LogP) is -0.719. The Kier molecular flexibility index (Phi) is 4.36. The number of aromatic nitrogens is 4. The first-order chi connectivity index (χ1) is 11.0. The number of piperidine rings is 1. The van der Waals surface area contributed by atoms with Gasteiger partial charge in [0.2, 0.25) is 0 Å². The molecule has 1 fully saturated rings. The summed E-state index contributed by atoms with van der Waals surface area (Å²) in [7, 11) is 3.04. The Balaban J connectivity index is 1.86. The third-order valence-electron chi connectivity index (χ3n) is 4.54. The number of imidazole rings is 1. The molecule has 23 heavy (non-hydrogen) atoms. The lowest BCUT2D eigenvalue weighted by atomic mass is 10.1. The first kappa shape index (κ1) is 15.9. The molecule has 0 saturated carbocycles. The highest BCUT2D eigenvalue weighted by Crippen LogP contribution is 2.11. The number of fused-ring (bicyclic) bond motifs is 1. The number of hydrogen-bond acceptors (Lipinski definition) is 5. The van der Waals surface area contributed by atoms with Crippen molar-refractivity contribution in [3.8, 4) is 0 Å². The van der Waals surface area contributed by atoms with Gasteiger partial charge in [0, 0.05) is 20.6 Å². The van der Waals surface area contributed by atoms with E-state index in [0.29, 0.717) is 24.3 Å². The zero-order chi connectivity index (χ0) is 16.6. The van der Waals surface area contributed by atoms with Crippen LogP contribution in [0.1, 0.15) is 19.3 Å². The van der Waals surface area contributed by atoms with Crippen LogP contribution in [0.15, 0.2) is 15.9 Å². The van der Waals surface area contributed by atoms with Crippen LogP contribution >= 0.6 is 0 Å². The van der Waals surface area contributed by atoms with Crippen molar-refractivity contribution in [2.45, 2.75) is 31.9 Å². The highest BCUT2D eigenvalue weighted by atomic mass is 16.3. The maximum Gasteiger partial charge on any atom is 0.332 e. The Labute approximate surface area is 133 Å². The highest BCUT2D eigenvalue weighted by molar-refractivity contribution is 5.69. The molecule has 0 aliphatic carbocycles. The van der Waals surface area contributed by atoms with E-state index in [1.54, 1.807) is 11.6 Å². The van der Waals surface area contributed by atoms with E-state index < -0.39 is 11.8 Å². The van der Waals surface area contributed by atoms with E-state index in [1.165, 1.54) is 37.2 Å². The lowest BCUT2D eigenvalue weighted by Gasteiger charge is -2.28. The average Bonchev–Trinajstić information content (AvgIpc) is 2.95. The molecule has 2 aromatic rings. The molecule has 1 atom stereocenters. The summed E-state index contributed by atoms with van der Waals surface area (Å²) >= 11 is 0. The summed E-state index contributed by atoms with van der Waals surface area (Å²) in [6.07, 6.45) is 4.54. The average molecular weight is 321 g/mol. The summed E-state index contributed by atoms with van der Waals surface area (Å²) in [5.74, 6) is 0. The minimum atomic E-state index is -0.576. The summed E-state index contributed by atoms with van der Waals surface area (Å²) in [4.78, 5) is 30.7. The molecule has 1 saturated heterocycles. The second kappa shape index (κ2) is 6.29. The van der Waals surface area contributed by atoms with Gasteiger partial charge in [-0.25, -0.2) is 9.78 Å². The molecule has 1 N–H and O–H groups in total. The normalized spacial score (nSPS) is 17.7. The number of aryl methyl sites for hydroxylation is 1. The third kappa shape index (κ3) is 2.96. The quantitative estimate of drug-likeness (QED) is 0.803. The number of nitrogens with zero attached hydrogens (tertiary/aromatic N) is 5. The fraction of sp³-hybridized carbons (Fsp3) is 0.667. The standard InChI is InChI=1S/C15H23N5O3/c1-17-13-12(14(22)18(2)15(17)23)20(10-16-13)9-11(21)8-19-6-4-3-5-7-19/h10-11,21H,3-9H2,1-2H3/t11-/m1/s1. The second-order valence-corrected chi connectivity index (χ2v) is 6.29. The number of rotatable bonds is 4. The van der Waals surface area contributed by atoms with Crippen LogP contribution in [0.4, 0.5) is 0 Å². The Morgan fingerprint density at radius 1 is 1.13 bits per heavy atom. The monoisotopic (exact) mass is 321 g/mol. The van der Waals surface area contributed by atoms with Crippen molar-refractivity contribution in [3.63, 3.8) is 0 Å². The number of likely N-dealkylation sites (tertiary alicyclic amines) is 1. The van der Waals surface area contributed by atoms with E-state index in [1.807, 2.05) is 0 Å². The van der Waals surface area contributed by atoms with Crippen LogP contribution in [0.5, 0.6) is 0 Å². The summed E-state index contributed by atoms with van der Waals surface area (Å²) in [6, 6.07) is 0. The van der Waals surface area contributed by atoms with Gasteiger partial charge in [-0.2, -0.15) is 0 Å². The van der Waals surface area contributed by atoms with Crippen LogP contribution in [0, 0.1) is 0 Å². The number of aliphatic hydroxyl groups excluding tert-OH is 1. The van der Waals surface area contributed by atoms with Crippen LogP contribution in [0.2, 0.25) is 0 Å². The van der Waals surface area contributed by atoms with Crippen molar-refractivity contribution in [2.24, 2.45) is 14.1 Å². The smallest absolute Gasteiger partial charge is 0.332 e. The molecular weight excluding hydrogens is 298 g/mol. The van der Waals surface area contributed by atoms with Gasteiger partial charge in [-0.15, -0.1) is 0 Å². The molecule has 3 rings (SSSR count). The maximum absolute atomic E-state index is 12.4. The molecule has 0 radical (unpaired) electrons. The molecule has 8 heteroatoms. The summed E-state index contributed by atoms with van der Waals surface area (Å²) < 4.78 is 4.06. The summed E-state index contributed by atoms with van der Waals surface area (Å²) in [6.45, 7) is 2.90. The van der Waals surface area contributed by atoms with Crippen LogP contribution in [0.3, 0.4) is 0 Å². The van der Waals surface area contributed by atoms with E-state index in [4.69, 9.17) is 0 Å². The van der Waals surface area contributed by atoms with Crippen molar-refractivity contribution >= 4 is 11.2 Å². The van der Waals surface area contributed by atoms with Gasteiger partial charge in [0.25, 0.3) is 5.56 Å². The van der Waals surface area contributed by atoms with Gasteiger partial charge in [0.1, 0.15) is 0 Å². The number of β-amino-alcohol motifs (C(OH)–C–C–N with tert-alkyl or cyclic N) is 1. The molecular formula is C15H23N5O3. The lowest BCUT2D eigenvalue weighted by Crippen LogP contribution is -2.39. The summed E-state index contributed by atoms with van der Waals surface area (Å²) in [5.41, 5.74) is -0.0806. The Bertz CT molecular complexity index is 813. The second-order valence-electron chi connectivity index (χ2n) is 6.29. The van der Waals surface area contributed by atoms with E-state index >= 15 is 0 Å². The largest absolute Gasteiger partial charge is 0.390 e. The molecule has 1 aliphatic heterocycles. The van der Waals surface area contributed by atoms with E-state index in [2.05, 4.69) is 9.88 Å². The van der Waals surface area contributed by atoms with Gasteiger partial charge in [-0.3, -0.25) is 13.9 Å². The fourth-order valence-electron chi connectivity index (χ4n) is 3.26. The van der Waals surface area contributed by atoms with Crippen LogP contribution in [-0.4, -0.2) is 54.4 Å². The molecule has 126 valence electrons. The highest BCUT2D eigenvalue weighted by Gasteiger charge is 2.18. The van der Waals surface area contributed by atoms with Crippen LogP contribution in [-0.2, 0) is 20.6 Å². The van der Waals surface area contributed by atoms with E-state index in [9.17, 15) is 14.7 Å². The van der Waals surface area contributed by atoms with Gasteiger partial charge in [0.05, 0.1) is 19.0 Å².